The van der Waals surface area contributed by atoms with E-state index in [0.29, 0.717) is 13.1 Å². The molecule has 6 nitrogen and oxygen atoms in total. The lowest BCUT2D eigenvalue weighted by Crippen LogP contribution is -2.32. The maximum Gasteiger partial charge on any atom is 0.133 e. The largest absolute Gasteiger partial charge is 0.464 e. The van der Waals surface area contributed by atoms with Crippen molar-refractivity contribution >= 4 is 11.0 Å². The van der Waals surface area contributed by atoms with Gasteiger partial charge < -0.3 is 15.1 Å². The van der Waals surface area contributed by atoms with Gasteiger partial charge in [0.15, 0.2) is 0 Å². The number of fused-ring (bicyclic) bond motifs is 2. The Labute approximate surface area is 204 Å². The van der Waals surface area contributed by atoms with Crippen molar-refractivity contribution in [2.75, 3.05) is 0 Å². The lowest BCUT2D eigenvalue weighted by molar-refractivity contribution is 0.153. The topological polar surface area (TPSA) is 84.0 Å². The molecule has 6 rings (SSSR count). The second kappa shape index (κ2) is 9.49. The van der Waals surface area contributed by atoms with Gasteiger partial charge in [0.2, 0.25) is 0 Å². The van der Waals surface area contributed by atoms with Crippen LogP contribution in [0.5, 0.6) is 0 Å². The van der Waals surface area contributed by atoms with E-state index in [-0.39, 0.29) is 6.04 Å². The predicted octanol–water partition coefficient (Wildman–Crippen LogP) is 5.76. The number of aromatic amines is 1. The number of nitrogens with one attached hydrogen (secondary N) is 1. The van der Waals surface area contributed by atoms with Gasteiger partial charge in [-0.1, -0.05) is 30.3 Å². The molecule has 0 radical (unpaired) electrons. The van der Waals surface area contributed by atoms with Crippen molar-refractivity contribution in [3.8, 4) is 11.3 Å². The number of H-pyrrole nitrogens is 1. The minimum absolute atomic E-state index is 0.225. The second-order valence-electron chi connectivity index (χ2n) is 9.23. The molecule has 6 heteroatoms. The number of imidazole rings is 1. The fourth-order valence-electron chi connectivity index (χ4n) is 5.27. The summed E-state index contributed by atoms with van der Waals surface area (Å²) in [7, 11) is 0. The summed E-state index contributed by atoms with van der Waals surface area (Å²) in [4.78, 5) is 15.7. The average Bonchev–Trinajstić information content (AvgIpc) is 3.58. The van der Waals surface area contributed by atoms with Crippen LogP contribution in [0.15, 0.2) is 83.6 Å². The number of hydrogen-bond donors (Lipinski definition) is 2. The van der Waals surface area contributed by atoms with Crippen LogP contribution < -0.4 is 5.73 Å². The first-order valence-corrected chi connectivity index (χ1v) is 12.3. The summed E-state index contributed by atoms with van der Waals surface area (Å²) in [5.41, 5.74) is 14.2. The maximum atomic E-state index is 6.23. The fraction of sp³-hybridized carbons (Fsp3) is 0.241. The van der Waals surface area contributed by atoms with Crippen LogP contribution >= 0.6 is 0 Å². The molecular weight excluding hydrogens is 434 g/mol. The molecule has 0 fully saturated rings. The smallest absolute Gasteiger partial charge is 0.133 e. The lowest BCUT2D eigenvalue weighted by atomic mass is 9.90. The van der Waals surface area contributed by atoms with Crippen LogP contribution in [0.3, 0.4) is 0 Å². The fourth-order valence-corrected chi connectivity index (χ4v) is 5.27. The van der Waals surface area contributed by atoms with Gasteiger partial charge in [0.05, 0.1) is 35.6 Å². The summed E-state index contributed by atoms with van der Waals surface area (Å²) in [6.45, 7) is 1.95. The maximum absolute atomic E-state index is 6.23. The monoisotopic (exact) mass is 463 g/mol. The molecule has 35 heavy (non-hydrogen) atoms. The summed E-state index contributed by atoms with van der Waals surface area (Å²) in [6, 6.07) is 23.0. The molecule has 1 atom stereocenters. The third-order valence-corrected chi connectivity index (χ3v) is 7.00. The zero-order valence-corrected chi connectivity index (χ0v) is 19.7. The molecule has 0 amide bonds. The van der Waals surface area contributed by atoms with Crippen molar-refractivity contribution < 1.29 is 4.42 Å². The number of nitrogens with zero attached hydrogens (tertiary/aromatic N) is 3. The number of nitrogens with two attached hydrogens (primary N) is 1. The number of benzene rings is 2. The number of rotatable bonds is 7. The van der Waals surface area contributed by atoms with E-state index in [1.54, 1.807) is 6.26 Å². The highest BCUT2D eigenvalue weighted by Gasteiger charge is 2.28. The summed E-state index contributed by atoms with van der Waals surface area (Å²) in [5.74, 6) is 1.83. The first kappa shape index (κ1) is 21.8. The quantitative estimate of drug-likeness (QED) is 0.321. The number of aromatic nitrogens is 3. The van der Waals surface area contributed by atoms with Gasteiger partial charge in [-0.3, -0.25) is 9.88 Å². The van der Waals surface area contributed by atoms with Gasteiger partial charge in [-0.25, -0.2) is 4.98 Å². The van der Waals surface area contributed by atoms with Crippen molar-refractivity contribution in [1.82, 2.24) is 19.9 Å². The van der Waals surface area contributed by atoms with Crippen LogP contribution in [-0.4, -0.2) is 19.9 Å². The number of aryl methyl sites for hydroxylation is 1. The highest BCUT2D eigenvalue weighted by molar-refractivity contribution is 5.74. The van der Waals surface area contributed by atoms with E-state index in [1.165, 1.54) is 16.8 Å². The Morgan fingerprint density at radius 3 is 2.80 bits per heavy atom. The van der Waals surface area contributed by atoms with Gasteiger partial charge in [0.1, 0.15) is 11.6 Å². The standard InChI is InChI=1S/C29H29N5O/c30-17-23-16-21(27-11-5-15-35-27)12-13-22(23)18-34(19-28-32-24-8-1-2-9-25(24)33-28)26-10-3-6-20-7-4-14-31-29(20)26/h1-2,4-5,7-9,11-16,26H,3,6,10,17-19,30H2,(H,32,33). The van der Waals surface area contributed by atoms with Gasteiger partial charge in [-0.05, 0) is 72.4 Å². The van der Waals surface area contributed by atoms with E-state index in [4.69, 9.17) is 20.1 Å². The van der Waals surface area contributed by atoms with Crippen molar-refractivity contribution in [3.63, 3.8) is 0 Å². The zero-order chi connectivity index (χ0) is 23.6. The van der Waals surface area contributed by atoms with Crippen molar-refractivity contribution in [3.05, 3.63) is 107 Å². The van der Waals surface area contributed by atoms with Gasteiger partial charge in [-0.15, -0.1) is 0 Å². The van der Waals surface area contributed by atoms with E-state index in [0.717, 1.165) is 59.6 Å². The Balaban J connectivity index is 1.37. The molecule has 2 aromatic carbocycles. The minimum Gasteiger partial charge on any atom is -0.464 e. The third-order valence-electron chi connectivity index (χ3n) is 7.00. The van der Waals surface area contributed by atoms with Crippen LogP contribution in [0.2, 0.25) is 0 Å². The molecule has 1 aliphatic carbocycles. The number of furan rings is 1. The first-order valence-electron chi connectivity index (χ1n) is 12.3. The normalized spacial score (nSPS) is 15.5. The second-order valence-corrected chi connectivity index (χ2v) is 9.23. The van der Waals surface area contributed by atoms with Crippen LogP contribution in [0.4, 0.5) is 0 Å². The van der Waals surface area contributed by atoms with Gasteiger partial charge in [0.25, 0.3) is 0 Å². The van der Waals surface area contributed by atoms with Crippen LogP contribution in [0.25, 0.3) is 22.4 Å². The van der Waals surface area contributed by atoms with E-state index in [9.17, 15) is 0 Å². The average molecular weight is 464 g/mol. The minimum atomic E-state index is 0.225. The summed E-state index contributed by atoms with van der Waals surface area (Å²) >= 11 is 0. The molecule has 0 spiro atoms. The number of para-hydroxylation sites is 2. The molecule has 0 bridgehead atoms. The Kier molecular flexibility index (Phi) is 5.90. The van der Waals surface area contributed by atoms with E-state index < -0.39 is 0 Å². The molecule has 0 saturated carbocycles. The van der Waals surface area contributed by atoms with E-state index in [2.05, 4.69) is 46.3 Å². The van der Waals surface area contributed by atoms with Crippen LogP contribution in [0, 0.1) is 0 Å². The summed E-state index contributed by atoms with van der Waals surface area (Å²) in [6.07, 6.45) is 6.94. The van der Waals surface area contributed by atoms with E-state index >= 15 is 0 Å². The summed E-state index contributed by atoms with van der Waals surface area (Å²) in [5, 5.41) is 0. The van der Waals surface area contributed by atoms with Gasteiger partial charge in [0, 0.05) is 24.8 Å². The molecule has 0 saturated heterocycles. The highest BCUT2D eigenvalue weighted by Crippen LogP contribution is 2.35. The molecule has 0 aliphatic heterocycles. The van der Waals surface area contributed by atoms with Crippen molar-refractivity contribution in [2.24, 2.45) is 5.73 Å². The Morgan fingerprint density at radius 1 is 1.00 bits per heavy atom. The Morgan fingerprint density at radius 2 is 1.94 bits per heavy atom. The summed E-state index contributed by atoms with van der Waals surface area (Å²) < 4.78 is 5.61. The molecule has 3 heterocycles. The van der Waals surface area contributed by atoms with Crippen molar-refractivity contribution in [1.29, 1.82) is 0 Å². The highest BCUT2D eigenvalue weighted by atomic mass is 16.3. The van der Waals surface area contributed by atoms with Crippen LogP contribution in [-0.2, 0) is 26.1 Å². The molecular formula is C29H29N5O. The van der Waals surface area contributed by atoms with Gasteiger partial charge in [-0.2, -0.15) is 0 Å². The zero-order valence-electron chi connectivity index (χ0n) is 19.7. The molecule has 3 aromatic heterocycles. The van der Waals surface area contributed by atoms with E-state index in [1.807, 2.05) is 36.5 Å². The number of hydrogen-bond acceptors (Lipinski definition) is 5. The SMILES string of the molecule is NCc1cc(-c2ccco2)ccc1CN(Cc1nc2ccccc2[nH]1)C1CCCc2cccnc21. The van der Waals surface area contributed by atoms with Crippen LogP contribution in [0.1, 0.15) is 47.1 Å². The molecule has 5 aromatic rings. The third kappa shape index (κ3) is 4.38. The Bertz CT molecular complexity index is 1410. The molecule has 1 unspecified atom stereocenters. The van der Waals surface area contributed by atoms with Crippen molar-refractivity contribution in [2.45, 2.75) is 44.9 Å². The van der Waals surface area contributed by atoms with Gasteiger partial charge >= 0.3 is 0 Å². The molecule has 1 aliphatic rings. The predicted molar refractivity (Wildman–Crippen MR) is 137 cm³/mol. The molecule has 176 valence electrons. The number of pyridine rings is 1. The lowest BCUT2D eigenvalue weighted by Gasteiger charge is -2.35. The first-order chi connectivity index (χ1) is 17.3. The Hall–Kier alpha value is -3.74. The molecule has 3 N–H and O–H groups in total.